The Bertz CT molecular complexity index is 733. The van der Waals surface area contributed by atoms with Crippen LogP contribution in [0.25, 0.3) is 0 Å². The van der Waals surface area contributed by atoms with Crippen molar-refractivity contribution < 1.29 is 26.3 Å². The van der Waals surface area contributed by atoms with Crippen molar-refractivity contribution in [3.05, 3.63) is 59.9 Å². The Morgan fingerprint density at radius 1 is 1.09 bits per heavy atom. The Hall–Kier alpha value is -2.06. The van der Waals surface area contributed by atoms with Gasteiger partial charge in [-0.15, -0.1) is 0 Å². The van der Waals surface area contributed by atoms with Crippen LogP contribution in [0.5, 0.6) is 5.75 Å². The molecule has 0 amide bonds. The molecule has 0 saturated heterocycles. The van der Waals surface area contributed by atoms with Gasteiger partial charge in [-0.05, 0) is 35.9 Å². The first-order valence-corrected chi connectivity index (χ1v) is 7.64. The maximum Gasteiger partial charge on any atom is 0.387 e. The van der Waals surface area contributed by atoms with Crippen LogP contribution in [0.1, 0.15) is 5.56 Å². The van der Waals surface area contributed by atoms with Gasteiger partial charge in [-0.3, -0.25) is 0 Å². The smallest absolute Gasteiger partial charge is 0.387 e. The molecular formula is C14H12F3NO3S. The van der Waals surface area contributed by atoms with E-state index in [-0.39, 0.29) is 17.2 Å². The zero-order valence-electron chi connectivity index (χ0n) is 11.2. The zero-order valence-corrected chi connectivity index (χ0v) is 12.0. The number of benzene rings is 2. The van der Waals surface area contributed by atoms with Gasteiger partial charge in [-0.25, -0.2) is 17.5 Å². The molecule has 0 aromatic heterocycles. The molecule has 0 fully saturated rings. The average Bonchev–Trinajstić information content (AvgIpc) is 2.46. The van der Waals surface area contributed by atoms with Gasteiger partial charge in [0.1, 0.15) is 11.6 Å². The van der Waals surface area contributed by atoms with E-state index in [4.69, 9.17) is 0 Å². The highest BCUT2D eigenvalue weighted by Gasteiger charge is 2.14. The van der Waals surface area contributed by atoms with E-state index < -0.39 is 22.5 Å². The minimum absolute atomic E-state index is 0.0215. The van der Waals surface area contributed by atoms with Crippen molar-refractivity contribution in [2.24, 2.45) is 0 Å². The lowest BCUT2D eigenvalue weighted by Crippen LogP contribution is -2.23. The average molecular weight is 331 g/mol. The first kappa shape index (κ1) is 16.3. The Balaban J connectivity index is 2.03. The first-order chi connectivity index (χ1) is 10.4. The largest absolute Gasteiger partial charge is 0.435 e. The summed E-state index contributed by atoms with van der Waals surface area (Å²) in [5.41, 5.74) is 0.543. The summed E-state index contributed by atoms with van der Waals surface area (Å²) in [5, 5.41) is 0. The standard InChI is InChI=1S/C14H12F3NO3S/c15-11-2-1-3-13(8-11)22(19,20)18-9-10-4-6-12(7-5-10)21-14(16)17/h1-8,14,18H,9H2. The molecule has 0 radical (unpaired) electrons. The summed E-state index contributed by atoms with van der Waals surface area (Å²) in [6, 6.07) is 10.1. The van der Waals surface area contributed by atoms with Gasteiger partial charge in [0, 0.05) is 6.54 Å². The van der Waals surface area contributed by atoms with E-state index in [0.717, 1.165) is 12.1 Å². The van der Waals surface area contributed by atoms with Crippen LogP contribution in [0.3, 0.4) is 0 Å². The van der Waals surface area contributed by atoms with E-state index in [1.807, 2.05) is 0 Å². The quantitative estimate of drug-likeness (QED) is 0.885. The molecule has 0 atom stereocenters. The molecule has 0 unspecified atom stereocenters. The van der Waals surface area contributed by atoms with Gasteiger partial charge in [0.2, 0.25) is 10.0 Å². The molecule has 22 heavy (non-hydrogen) atoms. The van der Waals surface area contributed by atoms with E-state index >= 15 is 0 Å². The molecule has 0 saturated carbocycles. The van der Waals surface area contributed by atoms with Crippen LogP contribution in [0.4, 0.5) is 13.2 Å². The number of nitrogens with one attached hydrogen (secondary N) is 1. The molecule has 0 heterocycles. The minimum atomic E-state index is -3.85. The Morgan fingerprint density at radius 3 is 2.36 bits per heavy atom. The molecule has 0 aliphatic heterocycles. The van der Waals surface area contributed by atoms with Crippen LogP contribution in [0, 0.1) is 5.82 Å². The van der Waals surface area contributed by atoms with Crippen LogP contribution in [0.15, 0.2) is 53.4 Å². The van der Waals surface area contributed by atoms with Crippen LogP contribution in [0.2, 0.25) is 0 Å². The molecule has 0 aliphatic carbocycles. The van der Waals surface area contributed by atoms with E-state index in [9.17, 15) is 21.6 Å². The molecule has 0 spiro atoms. The Kier molecular flexibility index (Phi) is 5.04. The van der Waals surface area contributed by atoms with Crippen molar-refractivity contribution >= 4 is 10.0 Å². The van der Waals surface area contributed by atoms with Crippen molar-refractivity contribution in [1.29, 1.82) is 0 Å². The lowest BCUT2D eigenvalue weighted by Gasteiger charge is -2.08. The second kappa shape index (κ2) is 6.80. The van der Waals surface area contributed by atoms with Crippen molar-refractivity contribution in [2.45, 2.75) is 18.1 Å². The van der Waals surface area contributed by atoms with Gasteiger partial charge >= 0.3 is 6.61 Å². The summed E-state index contributed by atoms with van der Waals surface area (Å²) in [4.78, 5) is -0.190. The van der Waals surface area contributed by atoms with Crippen LogP contribution >= 0.6 is 0 Å². The summed E-state index contributed by atoms with van der Waals surface area (Å²) in [7, 11) is -3.85. The summed E-state index contributed by atoms with van der Waals surface area (Å²) in [6.45, 7) is -2.98. The van der Waals surface area contributed by atoms with E-state index in [0.29, 0.717) is 5.56 Å². The fraction of sp³-hybridized carbons (Fsp3) is 0.143. The summed E-state index contributed by atoms with van der Waals surface area (Å²) in [5.74, 6) is -0.678. The van der Waals surface area contributed by atoms with Gasteiger partial charge in [-0.2, -0.15) is 8.78 Å². The van der Waals surface area contributed by atoms with Crippen LogP contribution in [-0.4, -0.2) is 15.0 Å². The number of hydrogen-bond acceptors (Lipinski definition) is 3. The molecule has 118 valence electrons. The molecule has 4 nitrogen and oxygen atoms in total. The summed E-state index contributed by atoms with van der Waals surface area (Å²) < 4.78 is 67.5. The zero-order chi connectivity index (χ0) is 16.2. The predicted octanol–water partition coefficient (Wildman–Crippen LogP) is 2.91. The Morgan fingerprint density at radius 2 is 1.77 bits per heavy atom. The van der Waals surface area contributed by atoms with E-state index in [1.165, 1.54) is 36.4 Å². The molecule has 2 aromatic carbocycles. The maximum atomic E-state index is 13.0. The normalized spacial score (nSPS) is 11.6. The maximum absolute atomic E-state index is 13.0. The van der Waals surface area contributed by atoms with E-state index in [2.05, 4.69) is 9.46 Å². The number of ether oxygens (including phenoxy) is 1. The molecule has 1 N–H and O–H groups in total. The molecule has 0 aliphatic rings. The van der Waals surface area contributed by atoms with Crippen molar-refractivity contribution in [2.75, 3.05) is 0 Å². The van der Waals surface area contributed by atoms with Crippen LogP contribution < -0.4 is 9.46 Å². The van der Waals surface area contributed by atoms with Gasteiger partial charge in [0.25, 0.3) is 0 Å². The number of halogens is 3. The number of alkyl halides is 2. The number of hydrogen-bond donors (Lipinski definition) is 1. The third-order valence-corrected chi connectivity index (χ3v) is 4.12. The SMILES string of the molecule is O=S(=O)(NCc1ccc(OC(F)F)cc1)c1cccc(F)c1. The monoisotopic (exact) mass is 331 g/mol. The molecule has 2 rings (SSSR count). The topological polar surface area (TPSA) is 55.4 Å². The fourth-order valence-corrected chi connectivity index (χ4v) is 2.73. The molecule has 0 bridgehead atoms. The second-order valence-corrected chi connectivity index (χ2v) is 6.07. The van der Waals surface area contributed by atoms with Gasteiger partial charge in [0.15, 0.2) is 0 Å². The first-order valence-electron chi connectivity index (χ1n) is 6.16. The second-order valence-electron chi connectivity index (χ2n) is 4.30. The van der Waals surface area contributed by atoms with Crippen molar-refractivity contribution in [1.82, 2.24) is 4.72 Å². The number of sulfonamides is 1. The fourth-order valence-electron chi connectivity index (χ4n) is 1.68. The van der Waals surface area contributed by atoms with Gasteiger partial charge in [-0.1, -0.05) is 18.2 Å². The van der Waals surface area contributed by atoms with Crippen molar-refractivity contribution in [3.63, 3.8) is 0 Å². The Labute approximate surface area is 125 Å². The third-order valence-electron chi connectivity index (χ3n) is 2.72. The highest BCUT2D eigenvalue weighted by atomic mass is 32.2. The highest BCUT2D eigenvalue weighted by molar-refractivity contribution is 7.89. The van der Waals surface area contributed by atoms with Crippen molar-refractivity contribution in [3.8, 4) is 5.75 Å². The summed E-state index contributed by atoms with van der Waals surface area (Å²) >= 11 is 0. The highest BCUT2D eigenvalue weighted by Crippen LogP contribution is 2.16. The lowest BCUT2D eigenvalue weighted by atomic mass is 10.2. The predicted molar refractivity (Wildman–Crippen MR) is 73.5 cm³/mol. The number of rotatable bonds is 6. The van der Waals surface area contributed by atoms with Gasteiger partial charge < -0.3 is 4.74 Å². The van der Waals surface area contributed by atoms with Crippen LogP contribution in [-0.2, 0) is 16.6 Å². The van der Waals surface area contributed by atoms with E-state index in [1.54, 1.807) is 0 Å². The lowest BCUT2D eigenvalue weighted by molar-refractivity contribution is -0.0498. The molecular weight excluding hydrogens is 319 g/mol. The molecule has 2 aromatic rings. The summed E-state index contributed by atoms with van der Waals surface area (Å²) in [6.07, 6.45) is 0. The third kappa shape index (κ3) is 4.47. The van der Waals surface area contributed by atoms with Gasteiger partial charge in [0.05, 0.1) is 4.90 Å². The minimum Gasteiger partial charge on any atom is -0.435 e. The molecule has 8 heteroatoms.